The standard InChI is InChI=1S/2Cr.6O. The second-order valence-corrected chi connectivity index (χ2v) is 5.68. The summed E-state index contributed by atoms with van der Waals surface area (Å²) in [6, 6.07) is 0. The molecule has 0 saturated carbocycles. The van der Waals surface area contributed by atoms with Crippen LogP contribution in [0.4, 0.5) is 0 Å². The summed E-state index contributed by atoms with van der Waals surface area (Å²) in [5.41, 5.74) is 0. The van der Waals surface area contributed by atoms with Gasteiger partial charge in [0.1, 0.15) is 0 Å². The summed E-state index contributed by atoms with van der Waals surface area (Å²) in [5.74, 6) is 0. The van der Waals surface area contributed by atoms with Gasteiger partial charge in [-0.3, -0.25) is 0 Å². The summed E-state index contributed by atoms with van der Waals surface area (Å²) in [5, 5.41) is 0. The fourth-order valence-electron chi connectivity index (χ4n) is 0.209. The van der Waals surface area contributed by atoms with Gasteiger partial charge in [-0.05, 0) is 0 Å². The van der Waals surface area contributed by atoms with Gasteiger partial charge in [0, 0.05) is 0 Å². The van der Waals surface area contributed by atoms with Gasteiger partial charge in [-0.15, -0.1) is 0 Å². The molecular weight excluding hydrogens is 200 g/mol. The second-order valence-electron chi connectivity index (χ2n) is 0.953. The van der Waals surface area contributed by atoms with Crippen LogP contribution in [0.15, 0.2) is 0 Å². The first-order valence-corrected chi connectivity index (χ1v) is 5.50. The van der Waals surface area contributed by atoms with Crippen LogP contribution in [-0.4, -0.2) is 0 Å². The van der Waals surface area contributed by atoms with Crippen LogP contribution in [0, 0.1) is 0 Å². The molecule has 1 rings (SSSR count). The van der Waals surface area contributed by atoms with Gasteiger partial charge >= 0.3 is 48.1 Å². The van der Waals surface area contributed by atoms with E-state index >= 15 is 0 Å². The van der Waals surface area contributed by atoms with Crippen molar-refractivity contribution >= 4 is 0 Å². The molecule has 8 heavy (non-hydrogen) atoms. The van der Waals surface area contributed by atoms with Crippen molar-refractivity contribution in [2.75, 3.05) is 0 Å². The van der Waals surface area contributed by atoms with E-state index in [1.165, 1.54) is 0 Å². The first kappa shape index (κ1) is 6.31. The number of rotatable bonds is 0. The van der Waals surface area contributed by atoms with Crippen molar-refractivity contribution in [3.63, 3.8) is 0 Å². The third-order valence-corrected chi connectivity index (χ3v) is 5.67. The van der Waals surface area contributed by atoms with Crippen LogP contribution < -0.4 is 0 Å². The molecule has 1 aliphatic heterocycles. The molecule has 0 atom stereocenters. The first-order chi connectivity index (χ1) is 3.41. The number of hydrogen-bond acceptors (Lipinski definition) is 6. The summed E-state index contributed by atoms with van der Waals surface area (Å²) in [6.07, 6.45) is 0. The molecule has 0 radical (unpaired) electrons. The molecule has 1 heterocycles. The van der Waals surface area contributed by atoms with Crippen molar-refractivity contribution in [3.8, 4) is 0 Å². The topological polar surface area (TPSA) is 86.7 Å². The molecule has 0 aromatic carbocycles. The van der Waals surface area contributed by atoms with Gasteiger partial charge < -0.3 is 0 Å². The van der Waals surface area contributed by atoms with Gasteiger partial charge in [-0.2, -0.15) is 0 Å². The molecule has 0 unspecified atom stereocenters. The third kappa shape index (κ3) is 1.12. The van der Waals surface area contributed by atoms with Crippen molar-refractivity contribution in [2.45, 2.75) is 0 Å². The third-order valence-electron chi connectivity index (χ3n) is 0.333. The molecule has 0 amide bonds. The molecule has 1 aliphatic rings. The van der Waals surface area contributed by atoms with Crippen LogP contribution in [0.2, 0.25) is 0 Å². The van der Waals surface area contributed by atoms with Crippen molar-refractivity contribution < 1.29 is 48.1 Å². The quantitative estimate of drug-likeness (QED) is 0.517. The van der Waals surface area contributed by atoms with Gasteiger partial charge in [-0.1, -0.05) is 0 Å². The van der Waals surface area contributed by atoms with Crippen molar-refractivity contribution in [2.24, 2.45) is 0 Å². The van der Waals surface area contributed by atoms with E-state index in [2.05, 4.69) is 5.68 Å². The molecule has 1 saturated heterocycles. The van der Waals surface area contributed by atoms with Gasteiger partial charge in [0.2, 0.25) is 0 Å². The number of hydrogen-bond donors (Lipinski definition) is 0. The Labute approximate surface area is 48.5 Å². The molecule has 0 aromatic rings. The summed E-state index contributed by atoms with van der Waals surface area (Å²) < 4.78 is 45.8. The zero-order valence-electron chi connectivity index (χ0n) is 3.27. The minimum atomic E-state index is -4.80. The maximum absolute atomic E-state index is 9.77. The van der Waals surface area contributed by atoms with Crippen LogP contribution in [0.5, 0.6) is 0 Å². The minimum absolute atomic E-state index is 3.38. The van der Waals surface area contributed by atoms with E-state index in [1.54, 1.807) is 0 Å². The average molecular weight is 200 g/mol. The predicted octanol–water partition coefficient (Wildman–Crippen LogP) is -0.617. The van der Waals surface area contributed by atoms with Crippen LogP contribution >= 0.6 is 0 Å². The molecule has 1 fully saturated rings. The molecule has 8 heteroatoms. The molecule has 0 aromatic heterocycles. The SMILES string of the molecule is [O]=[Cr]1(=[O])[O][Cr](=[O])(=[O])[O]1. The summed E-state index contributed by atoms with van der Waals surface area (Å²) in [7, 11) is 0. The Morgan fingerprint density at radius 2 is 1.00 bits per heavy atom. The molecule has 0 bridgehead atoms. The van der Waals surface area contributed by atoms with E-state index < -0.39 is 27.2 Å². The van der Waals surface area contributed by atoms with Gasteiger partial charge in [0.25, 0.3) is 0 Å². The Balaban J connectivity index is 3.00. The first-order valence-electron chi connectivity index (χ1n) is 1.33. The van der Waals surface area contributed by atoms with Gasteiger partial charge in [0.15, 0.2) is 0 Å². The van der Waals surface area contributed by atoms with Crippen molar-refractivity contribution in [1.82, 2.24) is 0 Å². The average Bonchev–Trinajstić information content (AvgIpc) is 1.20. The monoisotopic (exact) mass is 200 g/mol. The molecule has 0 N–H and O–H groups in total. The zero-order chi connectivity index (χ0) is 6.41. The maximum atomic E-state index is 9.77. The molecular formula is Cr2O6. The fraction of sp³-hybridized carbons (Fsp3) is 0. The van der Waals surface area contributed by atoms with E-state index in [-0.39, 0.29) is 0 Å². The second kappa shape index (κ2) is 1.37. The molecule has 0 spiro atoms. The normalized spacial score (nSPS) is 31.0. The molecule has 0 aliphatic carbocycles. The van der Waals surface area contributed by atoms with E-state index in [0.717, 1.165) is 0 Å². The predicted molar refractivity (Wildman–Crippen MR) is 4.92 cm³/mol. The zero-order valence-corrected chi connectivity index (χ0v) is 5.82. The molecule has 6 nitrogen and oxygen atoms in total. The Hall–Kier alpha value is 0.185. The van der Waals surface area contributed by atoms with E-state index in [0.29, 0.717) is 0 Å². The molecule has 48 valence electrons. The Kier molecular flexibility index (Phi) is 1.08. The van der Waals surface area contributed by atoms with Crippen LogP contribution in [0.3, 0.4) is 0 Å². The van der Waals surface area contributed by atoms with Crippen LogP contribution in [0.1, 0.15) is 0 Å². The van der Waals surface area contributed by atoms with E-state index in [9.17, 15) is 15.2 Å². The van der Waals surface area contributed by atoms with Crippen LogP contribution in [0.25, 0.3) is 0 Å². The van der Waals surface area contributed by atoms with Gasteiger partial charge in [0.05, 0.1) is 0 Å². The Morgan fingerprint density at radius 1 is 0.750 bits per heavy atom. The van der Waals surface area contributed by atoms with E-state index in [1.807, 2.05) is 0 Å². The fourth-order valence-corrected chi connectivity index (χ4v) is 3.56. The van der Waals surface area contributed by atoms with Crippen LogP contribution in [-0.2, 0) is 48.1 Å². The van der Waals surface area contributed by atoms with E-state index in [4.69, 9.17) is 0 Å². The van der Waals surface area contributed by atoms with Crippen molar-refractivity contribution in [3.05, 3.63) is 0 Å². The van der Waals surface area contributed by atoms with Gasteiger partial charge in [-0.25, -0.2) is 0 Å². The summed E-state index contributed by atoms with van der Waals surface area (Å²) in [6.45, 7) is 0. The Morgan fingerprint density at radius 3 is 1.00 bits per heavy atom. The Bertz CT molecular complexity index is 226. The summed E-state index contributed by atoms with van der Waals surface area (Å²) in [4.78, 5) is 0. The summed E-state index contributed by atoms with van der Waals surface area (Å²) >= 11 is -9.59. The van der Waals surface area contributed by atoms with Crippen molar-refractivity contribution in [1.29, 1.82) is 0 Å².